The molecule has 0 saturated carbocycles. The van der Waals surface area contributed by atoms with Gasteiger partial charge in [0.2, 0.25) is 5.88 Å². The van der Waals surface area contributed by atoms with Crippen LogP contribution in [0.3, 0.4) is 0 Å². The smallest absolute Gasteiger partial charge is 0.271 e. The fraction of sp³-hybridized carbons (Fsp3) is 0.350. The molecular formula is C20H21N5O4. The molecule has 4 heterocycles. The molecule has 0 spiro atoms. The topological polar surface area (TPSA) is 112 Å². The number of rotatable bonds is 7. The first kappa shape index (κ1) is 19.0. The number of aryl methyl sites for hydroxylation is 2. The lowest BCUT2D eigenvalue weighted by molar-refractivity contribution is -0.0299. The Bertz CT molecular complexity index is 981. The number of hydrogen-bond donors (Lipinski definition) is 1. The van der Waals surface area contributed by atoms with Crippen LogP contribution in [0.1, 0.15) is 27.5 Å². The van der Waals surface area contributed by atoms with Crippen LogP contribution in [-0.2, 0) is 11.3 Å². The Labute approximate surface area is 167 Å². The predicted molar refractivity (Wildman–Crippen MR) is 102 cm³/mol. The minimum atomic E-state index is -0.264. The fourth-order valence-corrected chi connectivity index (χ4v) is 2.79. The SMILES string of the molecule is Cc1ccc(-c2noc(C)c2COc2ccc(C(=O)NCC3COC3)nn2)cn1. The normalized spacial score (nSPS) is 13.7. The van der Waals surface area contributed by atoms with Crippen molar-refractivity contribution >= 4 is 5.91 Å². The second kappa shape index (κ2) is 8.36. The van der Waals surface area contributed by atoms with E-state index in [1.165, 1.54) is 0 Å². The monoisotopic (exact) mass is 395 g/mol. The van der Waals surface area contributed by atoms with Crippen LogP contribution >= 0.6 is 0 Å². The molecule has 0 aromatic carbocycles. The van der Waals surface area contributed by atoms with Crippen molar-refractivity contribution in [3.05, 3.63) is 53.2 Å². The molecule has 1 aliphatic heterocycles. The van der Waals surface area contributed by atoms with Gasteiger partial charge in [-0.15, -0.1) is 10.2 Å². The Balaban J connectivity index is 1.38. The van der Waals surface area contributed by atoms with Crippen molar-refractivity contribution in [2.45, 2.75) is 20.5 Å². The van der Waals surface area contributed by atoms with Crippen LogP contribution in [0.15, 0.2) is 35.0 Å². The maximum absolute atomic E-state index is 12.1. The molecule has 0 aliphatic carbocycles. The minimum absolute atomic E-state index is 0.209. The third kappa shape index (κ3) is 4.40. The minimum Gasteiger partial charge on any atom is -0.472 e. The molecule has 1 aliphatic rings. The van der Waals surface area contributed by atoms with Gasteiger partial charge in [-0.2, -0.15) is 0 Å². The van der Waals surface area contributed by atoms with Gasteiger partial charge in [0.15, 0.2) is 5.69 Å². The highest BCUT2D eigenvalue weighted by Gasteiger charge is 2.20. The maximum Gasteiger partial charge on any atom is 0.271 e. The predicted octanol–water partition coefficient (Wildman–Crippen LogP) is 2.10. The van der Waals surface area contributed by atoms with Crippen LogP contribution in [0.2, 0.25) is 0 Å². The average molecular weight is 395 g/mol. The van der Waals surface area contributed by atoms with Crippen molar-refractivity contribution < 1.29 is 18.8 Å². The van der Waals surface area contributed by atoms with Crippen LogP contribution in [0.5, 0.6) is 5.88 Å². The van der Waals surface area contributed by atoms with Crippen molar-refractivity contribution in [2.24, 2.45) is 5.92 Å². The molecule has 3 aromatic heterocycles. The number of pyridine rings is 1. The molecule has 4 rings (SSSR count). The van der Waals surface area contributed by atoms with Crippen LogP contribution < -0.4 is 10.1 Å². The van der Waals surface area contributed by atoms with Crippen LogP contribution in [0.4, 0.5) is 0 Å². The van der Waals surface area contributed by atoms with Gasteiger partial charge in [-0.1, -0.05) is 5.16 Å². The zero-order valence-corrected chi connectivity index (χ0v) is 16.2. The molecule has 3 aromatic rings. The van der Waals surface area contributed by atoms with Gasteiger partial charge in [0.25, 0.3) is 5.91 Å². The summed E-state index contributed by atoms with van der Waals surface area (Å²) in [6.45, 7) is 5.89. The Morgan fingerprint density at radius 3 is 2.72 bits per heavy atom. The average Bonchev–Trinajstić information content (AvgIpc) is 3.06. The van der Waals surface area contributed by atoms with E-state index in [9.17, 15) is 4.79 Å². The van der Waals surface area contributed by atoms with Gasteiger partial charge in [-0.05, 0) is 32.0 Å². The lowest BCUT2D eigenvalue weighted by Gasteiger charge is -2.25. The molecule has 150 valence electrons. The fourth-order valence-electron chi connectivity index (χ4n) is 2.79. The first-order chi connectivity index (χ1) is 14.1. The summed E-state index contributed by atoms with van der Waals surface area (Å²) >= 11 is 0. The highest BCUT2D eigenvalue weighted by molar-refractivity contribution is 5.92. The van der Waals surface area contributed by atoms with Crippen LogP contribution in [0.25, 0.3) is 11.3 Å². The van der Waals surface area contributed by atoms with E-state index >= 15 is 0 Å². The summed E-state index contributed by atoms with van der Waals surface area (Å²) in [7, 11) is 0. The number of amides is 1. The molecule has 1 fully saturated rings. The summed E-state index contributed by atoms with van der Waals surface area (Å²) < 4.78 is 16.1. The summed E-state index contributed by atoms with van der Waals surface area (Å²) in [5.74, 6) is 1.08. The van der Waals surface area contributed by atoms with Gasteiger partial charge in [0, 0.05) is 36.0 Å². The van der Waals surface area contributed by atoms with Crippen molar-refractivity contribution in [1.82, 2.24) is 25.7 Å². The van der Waals surface area contributed by atoms with E-state index in [2.05, 4.69) is 25.7 Å². The van der Waals surface area contributed by atoms with Crippen LogP contribution in [-0.4, -0.2) is 46.0 Å². The summed E-state index contributed by atoms with van der Waals surface area (Å²) in [6.07, 6.45) is 1.75. The number of ether oxygens (including phenoxy) is 2. The summed E-state index contributed by atoms with van der Waals surface area (Å²) in [6, 6.07) is 7.05. The number of carbonyl (C=O) groups excluding carboxylic acids is 1. The molecule has 9 nitrogen and oxygen atoms in total. The third-order valence-corrected chi connectivity index (χ3v) is 4.66. The molecule has 0 bridgehead atoms. The highest BCUT2D eigenvalue weighted by atomic mass is 16.5. The van der Waals surface area contributed by atoms with E-state index in [1.807, 2.05) is 26.0 Å². The number of carbonyl (C=O) groups is 1. The van der Waals surface area contributed by atoms with Gasteiger partial charge >= 0.3 is 0 Å². The van der Waals surface area contributed by atoms with Crippen molar-refractivity contribution in [1.29, 1.82) is 0 Å². The maximum atomic E-state index is 12.1. The second-order valence-corrected chi connectivity index (χ2v) is 6.91. The Kier molecular flexibility index (Phi) is 5.48. The van der Waals surface area contributed by atoms with Gasteiger partial charge in [-0.25, -0.2) is 0 Å². The first-order valence-electron chi connectivity index (χ1n) is 9.31. The zero-order valence-electron chi connectivity index (χ0n) is 16.2. The van der Waals surface area contributed by atoms with Gasteiger partial charge in [-0.3, -0.25) is 9.78 Å². The van der Waals surface area contributed by atoms with Crippen molar-refractivity contribution in [3.63, 3.8) is 0 Å². The number of nitrogens with one attached hydrogen (secondary N) is 1. The zero-order chi connectivity index (χ0) is 20.2. The second-order valence-electron chi connectivity index (χ2n) is 6.91. The van der Waals surface area contributed by atoms with Gasteiger partial charge < -0.3 is 19.3 Å². The quantitative estimate of drug-likeness (QED) is 0.647. The van der Waals surface area contributed by atoms with E-state index in [0.717, 1.165) is 16.8 Å². The van der Waals surface area contributed by atoms with Crippen molar-refractivity contribution in [3.8, 4) is 17.1 Å². The lowest BCUT2D eigenvalue weighted by Crippen LogP contribution is -2.39. The third-order valence-electron chi connectivity index (χ3n) is 4.66. The Hall–Kier alpha value is -3.33. The summed E-state index contributed by atoms with van der Waals surface area (Å²) in [5, 5.41) is 14.9. The molecule has 1 saturated heterocycles. The molecule has 29 heavy (non-hydrogen) atoms. The molecule has 1 N–H and O–H groups in total. The molecule has 0 radical (unpaired) electrons. The molecule has 9 heteroatoms. The Morgan fingerprint density at radius 2 is 2.07 bits per heavy atom. The van der Waals surface area contributed by atoms with E-state index in [4.69, 9.17) is 14.0 Å². The largest absolute Gasteiger partial charge is 0.472 e. The summed E-state index contributed by atoms with van der Waals surface area (Å²) in [5.41, 5.74) is 3.50. The lowest BCUT2D eigenvalue weighted by atomic mass is 10.1. The van der Waals surface area contributed by atoms with E-state index in [-0.39, 0.29) is 18.2 Å². The summed E-state index contributed by atoms with van der Waals surface area (Å²) in [4.78, 5) is 16.4. The molecule has 0 atom stereocenters. The van der Waals surface area contributed by atoms with Crippen molar-refractivity contribution in [2.75, 3.05) is 19.8 Å². The van der Waals surface area contributed by atoms with Gasteiger partial charge in [0.1, 0.15) is 18.1 Å². The molecular weight excluding hydrogens is 374 g/mol. The van der Waals surface area contributed by atoms with E-state index in [0.29, 0.717) is 43.0 Å². The molecule has 1 amide bonds. The molecule has 0 unspecified atom stereocenters. The van der Waals surface area contributed by atoms with Crippen LogP contribution in [0, 0.1) is 19.8 Å². The number of aromatic nitrogens is 4. The first-order valence-corrected chi connectivity index (χ1v) is 9.31. The number of nitrogens with zero attached hydrogens (tertiary/aromatic N) is 4. The van der Waals surface area contributed by atoms with Gasteiger partial charge in [0.05, 0.1) is 18.8 Å². The van der Waals surface area contributed by atoms with E-state index < -0.39 is 0 Å². The van der Waals surface area contributed by atoms with E-state index in [1.54, 1.807) is 18.3 Å². The highest BCUT2D eigenvalue weighted by Crippen LogP contribution is 2.26. The Morgan fingerprint density at radius 1 is 1.21 bits per heavy atom. The number of hydrogen-bond acceptors (Lipinski definition) is 8. The standard InChI is InChI=1S/C20H21N5O4/c1-12-3-4-15(8-21-12)19-16(13(2)29-25-19)11-28-18-6-5-17(23-24-18)20(26)22-7-14-9-27-10-14/h3-6,8,14H,7,9-11H2,1-2H3,(H,22,26).